The summed E-state index contributed by atoms with van der Waals surface area (Å²) in [5, 5.41) is 2.84. The lowest BCUT2D eigenvalue weighted by molar-refractivity contribution is -0.122. The van der Waals surface area contributed by atoms with Crippen LogP contribution in [0.5, 0.6) is 5.75 Å². The highest BCUT2D eigenvalue weighted by atomic mass is 16.5. The number of carbonyl (C=O) groups excluding carboxylic acids is 2. The molecule has 0 aromatic heterocycles. The van der Waals surface area contributed by atoms with E-state index in [0.29, 0.717) is 17.0 Å². The summed E-state index contributed by atoms with van der Waals surface area (Å²) in [5.74, 6) is 0.0000247. The molecule has 0 saturated heterocycles. The van der Waals surface area contributed by atoms with Gasteiger partial charge < -0.3 is 14.8 Å². The molecule has 0 spiro atoms. The second-order valence-electron chi connectivity index (χ2n) is 6.91. The number of methoxy groups -OCH3 is 1. The third-order valence-electron chi connectivity index (χ3n) is 4.92. The van der Waals surface area contributed by atoms with Crippen molar-refractivity contribution < 1.29 is 19.1 Å². The van der Waals surface area contributed by atoms with Crippen molar-refractivity contribution in [3.05, 3.63) is 58.7 Å². The smallest absolute Gasteiger partial charge is 0.337 e. The van der Waals surface area contributed by atoms with Gasteiger partial charge >= 0.3 is 5.97 Å². The summed E-state index contributed by atoms with van der Waals surface area (Å²) in [6.45, 7) is 3.58. The van der Waals surface area contributed by atoms with Gasteiger partial charge in [-0.2, -0.15) is 0 Å². The summed E-state index contributed by atoms with van der Waals surface area (Å²) in [6, 6.07) is 11.1. The molecule has 2 aromatic rings. The highest BCUT2D eigenvalue weighted by molar-refractivity contribution is 5.97. The average molecular weight is 367 g/mol. The first-order chi connectivity index (χ1) is 13.0. The van der Waals surface area contributed by atoms with Gasteiger partial charge in [-0.05, 0) is 80.5 Å². The van der Waals surface area contributed by atoms with Crippen LogP contribution in [0, 0.1) is 6.92 Å². The van der Waals surface area contributed by atoms with Crippen LogP contribution >= 0.6 is 0 Å². The van der Waals surface area contributed by atoms with E-state index in [1.54, 1.807) is 25.1 Å². The van der Waals surface area contributed by atoms with Crippen molar-refractivity contribution in [2.45, 2.75) is 45.6 Å². The molecule has 3 rings (SSSR count). The van der Waals surface area contributed by atoms with E-state index in [9.17, 15) is 9.59 Å². The number of rotatable bonds is 5. The Morgan fingerprint density at radius 1 is 1.04 bits per heavy atom. The molecule has 2 aromatic carbocycles. The number of anilines is 1. The fraction of sp³-hybridized carbons (Fsp3) is 0.364. The zero-order valence-electron chi connectivity index (χ0n) is 16.0. The van der Waals surface area contributed by atoms with Crippen molar-refractivity contribution in [2.75, 3.05) is 12.4 Å². The summed E-state index contributed by atoms with van der Waals surface area (Å²) in [5.41, 5.74) is 4.51. The van der Waals surface area contributed by atoms with Gasteiger partial charge in [0.05, 0.1) is 12.7 Å². The van der Waals surface area contributed by atoms with E-state index in [-0.39, 0.29) is 5.91 Å². The maximum absolute atomic E-state index is 12.6. The highest BCUT2D eigenvalue weighted by Gasteiger charge is 2.18. The number of amides is 1. The van der Waals surface area contributed by atoms with Crippen LogP contribution in [-0.2, 0) is 22.4 Å². The van der Waals surface area contributed by atoms with Crippen LogP contribution in [0.1, 0.15) is 46.8 Å². The zero-order valence-corrected chi connectivity index (χ0v) is 16.0. The molecular weight excluding hydrogens is 342 g/mol. The van der Waals surface area contributed by atoms with Crippen LogP contribution in [0.2, 0.25) is 0 Å². The van der Waals surface area contributed by atoms with Crippen molar-refractivity contribution >= 4 is 17.6 Å². The summed E-state index contributed by atoms with van der Waals surface area (Å²) in [4.78, 5) is 24.3. The summed E-state index contributed by atoms with van der Waals surface area (Å²) in [7, 11) is 1.33. The van der Waals surface area contributed by atoms with E-state index < -0.39 is 12.1 Å². The van der Waals surface area contributed by atoms with E-state index in [2.05, 4.69) is 11.4 Å². The first-order valence-electron chi connectivity index (χ1n) is 9.26. The molecule has 0 heterocycles. The quantitative estimate of drug-likeness (QED) is 0.809. The van der Waals surface area contributed by atoms with Gasteiger partial charge in [0.1, 0.15) is 5.75 Å². The minimum atomic E-state index is -0.659. The van der Waals surface area contributed by atoms with Gasteiger partial charge in [0.2, 0.25) is 0 Å². The number of aryl methyl sites for hydroxylation is 3. The SMILES string of the molecule is COC(=O)c1ccc(C)c(NC(=O)[C@@H](C)Oc2ccc3c(c2)CCCC3)c1. The van der Waals surface area contributed by atoms with Gasteiger partial charge in [0.15, 0.2) is 6.10 Å². The molecule has 1 aliphatic carbocycles. The third-order valence-corrected chi connectivity index (χ3v) is 4.92. The van der Waals surface area contributed by atoms with Gasteiger partial charge in [-0.15, -0.1) is 0 Å². The van der Waals surface area contributed by atoms with E-state index in [0.717, 1.165) is 18.4 Å². The van der Waals surface area contributed by atoms with E-state index >= 15 is 0 Å². The number of hydrogen-bond acceptors (Lipinski definition) is 4. The second kappa shape index (κ2) is 8.25. The fourth-order valence-electron chi connectivity index (χ4n) is 3.28. The molecule has 5 nitrogen and oxygen atoms in total. The van der Waals surface area contributed by atoms with Gasteiger partial charge in [-0.25, -0.2) is 4.79 Å². The van der Waals surface area contributed by atoms with Crippen molar-refractivity contribution in [1.29, 1.82) is 0 Å². The topological polar surface area (TPSA) is 64.6 Å². The molecule has 142 valence electrons. The Labute approximate surface area is 159 Å². The molecule has 0 radical (unpaired) electrons. The summed E-state index contributed by atoms with van der Waals surface area (Å²) in [6.07, 6.45) is 3.94. The Bertz CT molecular complexity index is 859. The first-order valence-corrected chi connectivity index (χ1v) is 9.26. The number of benzene rings is 2. The molecule has 0 fully saturated rings. The molecule has 1 aliphatic rings. The van der Waals surface area contributed by atoms with Crippen LogP contribution in [-0.4, -0.2) is 25.1 Å². The van der Waals surface area contributed by atoms with Crippen LogP contribution in [0.3, 0.4) is 0 Å². The van der Waals surface area contributed by atoms with E-state index in [4.69, 9.17) is 9.47 Å². The van der Waals surface area contributed by atoms with Gasteiger partial charge in [-0.1, -0.05) is 12.1 Å². The molecule has 5 heteroatoms. The van der Waals surface area contributed by atoms with E-state index in [1.807, 2.05) is 19.1 Å². The van der Waals surface area contributed by atoms with Crippen LogP contribution < -0.4 is 10.1 Å². The predicted octanol–water partition coefficient (Wildman–Crippen LogP) is 4.07. The monoisotopic (exact) mass is 367 g/mol. The highest BCUT2D eigenvalue weighted by Crippen LogP contribution is 2.26. The average Bonchev–Trinajstić information content (AvgIpc) is 2.68. The molecule has 1 amide bonds. The molecule has 0 bridgehead atoms. The maximum atomic E-state index is 12.6. The lowest BCUT2D eigenvalue weighted by atomic mass is 9.92. The number of esters is 1. The molecule has 0 unspecified atom stereocenters. The maximum Gasteiger partial charge on any atom is 0.337 e. The van der Waals surface area contributed by atoms with Gasteiger partial charge in [-0.3, -0.25) is 4.79 Å². The molecule has 0 saturated carbocycles. The third kappa shape index (κ3) is 4.48. The number of carbonyl (C=O) groups is 2. The summed E-state index contributed by atoms with van der Waals surface area (Å²) >= 11 is 0. The van der Waals surface area contributed by atoms with Crippen LogP contribution in [0.4, 0.5) is 5.69 Å². The number of fused-ring (bicyclic) bond motifs is 1. The fourth-order valence-corrected chi connectivity index (χ4v) is 3.28. The van der Waals surface area contributed by atoms with Crippen molar-refractivity contribution in [2.24, 2.45) is 0 Å². The lowest BCUT2D eigenvalue weighted by Gasteiger charge is -2.19. The molecule has 0 aliphatic heterocycles. The van der Waals surface area contributed by atoms with Crippen molar-refractivity contribution in [3.63, 3.8) is 0 Å². The Kier molecular flexibility index (Phi) is 5.79. The Morgan fingerprint density at radius 3 is 2.52 bits per heavy atom. The van der Waals surface area contributed by atoms with Crippen LogP contribution in [0.15, 0.2) is 36.4 Å². The van der Waals surface area contributed by atoms with Gasteiger partial charge in [0.25, 0.3) is 5.91 Å². The minimum absolute atomic E-state index is 0.266. The van der Waals surface area contributed by atoms with Crippen molar-refractivity contribution in [3.8, 4) is 5.75 Å². The second-order valence-corrected chi connectivity index (χ2v) is 6.91. The molecule has 27 heavy (non-hydrogen) atoms. The van der Waals surface area contributed by atoms with Crippen LogP contribution in [0.25, 0.3) is 0 Å². The van der Waals surface area contributed by atoms with Crippen molar-refractivity contribution in [1.82, 2.24) is 0 Å². The summed E-state index contributed by atoms with van der Waals surface area (Å²) < 4.78 is 10.6. The first kappa shape index (κ1) is 19.0. The molecule has 1 atom stereocenters. The normalized spacial score (nSPS) is 14.0. The minimum Gasteiger partial charge on any atom is -0.481 e. The number of ether oxygens (including phenoxy) is 2. The Morgan fingerprint density at radius 2 is 1.78 bits per heavy atom. The lowest BCUT2D eigenvalue weighted by Crippen LogP contribution is -2.30. The molecular formula is C22H25NO4. The van der Waals surface area contributed by atoms with Gasteiger partial charge in [0, 0.05) is 5.69 Å². The number of nitrogens with one attached hydrogen (secondary N) is 1. The Balaban J connectivity index is 1.68. The molecule has 1 N–H and O–H groups in total. The largest absolute Gasteiger partial charge is 0.481 e. The number of hydrogen-bond donors (Lipinski definition) is 1. The Hall–Kier alpha value is -2.82. The zero-order chi connectivity index (χ0) is 19.4. The predicted molar refractivity (Wildman–Crippen MR) is 104 cm³/mol. The van der Waals surface area contributed by atoms with E-state index in [1.165, 1.54) is 31.1 Å². The standard InChI is InChI=1S/C22H25NO4/c1-14-8-9-18(22(25)26-3)13-20(14)23-21(24)15(2)27-19-11-10-16-6-4-5-7-17(16)12-19/h8-13,15H,4-7H2,1-3H3,(H,23,24)/t15-/m1/s1.